The molecule has 11 aromatic rings. The lowest BCUT2D eigenvalue weighted by molar-refractivity contribution is -0.149. The molecule has 0 amide bonds. The van der Waals surface area contributed by atoms with Gasteiger partial charge in [0, 0.05) is 102 Å². The second-order valence-corrected chi connectivity index (χ2v) is 23.2. The number of methoxy groups -OCH3 is 4. The van der Waals surface area contributed by atoms with E-state index in [0.29, 0.717) is 28.0 Å². The zero-order valence-electron chi connectivity index (χ0n) is 54.6. The van der Waals surface area contributed by atoms with Crippen LogP contribution in [0.15, 0.2) is 152 Å². The highest BCUT2D eigenvalue weighted by molar-refractivity contribution is 9.10. The fraction of sp³-hybridized carbons (Fsp3) is 0.324. The minimum Gasteiger partial charge on any atom is -0.496 e. The summed E-state index contributed by atoms with van der Waals surface area (Å²) in [5, 5.41) is 15.5. The summed E-state index contributed by atoms with van der Waals surface area (Å²) in [5.74, 6) is -1.36. The molecule has 2 aromatic carbocycles. The Morgan fingerprint density at radius 3 is 1.34 bits per heavy atom. The molecular weight excluding hydrogens is 1340 g/mol. The number of rotatable bonds is 22. The third-order valence-electron chi connectivity index (χ3n) is 15.0. The number of hydrogen-bond donors (Lipinski definition) is 1. The van der Waals surface area contributed by atoms with Crippen LogP contribution in [0.5, 0.6) is 23.0 Å². The smallest absolute Gasteiger partial charge is 0.389 e. The van der Waals surface area contributed by atoms with Gasteiger partial charge in [0.1, 0.15) is 51.1 Å². The minimum absolute atomic E-state index is 0.0254. The number of pyridine rings is 3. The van der Waals surface area contributed by atoms with Crippen molar-refractivity contribution < 1.29 is 73.9 Å². The first-order valence-corrected chi connectivity index (χ1v) is 31.2. The first-order chi connectivity index (χ1) is 46.3. The summed E-state index contributed by atoms with van der Waals surface area (Å²) in [6.45, 7) is 12.0. The summed E-state index contributed by atoms with van der Waals surface area (Å²) >= 11 is 3.20. The van der Waals surface area contributed by atoms with E-state index in [9.17, 15) is 45.5 Å². The second kappa shape index (κ2) is 32.4. The molecule has 22 nitrogen and oxygen atoms in total. The van der Waals surface area contributed by atoms with Crippen LogP contribution in [0.25, 0.3) is 61.6 Å². The number of aromatic nitrogens is 12. The molecule has 9 heterocycles. The van der Waals surface area contributed by atoms with Gasteiger partial charge in [-0.1, -0.05) is 43.6 Å². The molecule has 0 fully saturated rings. The van der Waals surface area contributed by atoms with E-state index >= 15 is 0 Å². The molecule has 2 atom stereocenters. The number of ketones is 2. The fourth-order valence-corrected chi connectivity index (χ4v) is 10.7. The van der Waals surface area contributed by atoms with Crippen molar-refractivity contribution in [1.29, 1.82) is 0 Å². The minimum atomic E-state index is -4.46. The van der Waals surface area contributed by atoms with Gasteiger partial charge in [0.15, 0.2) is 23.7 Å². The number of ether oxygens (including phenoxy) is 6. The van der Waals surface area contributed by atoms with E-state index in [2.05, 4.69) is 51.3 Å². The Hall–Kier alpha value is -10.3. The van der Waals surface area contributed by atoms with Gasteiger partial charge in [0.2, 0.25) is 0 Å². The number of halogens is 7. The van der Waals surface area contributed by atoms with Crippen LogP contribution < -0.4 is 18.9 Å². The molecular formula is C68H71BrF6N12O10. The van der Waals surface area contributed by atoms with E-state index in [4.69, 9.17) is 28.4 Å². The molecule has 11 rings (SSSR count). The van der Waals surface area contributed by atoms with Crippen LogP contribution in [-0.4, -0.2) is 135 Å². The number of carbonyl (C=O) groups is 4. The molecule has 0 aliphatic heterocycles. The molecule has 0 spiro atoms. The molecule has 9 aromatic heterocycles. The van der Waals surface area contributed by atoms with Crippen LogP contribution in [-0.2, 0) is 19.1 Å². The summed E-state index contributed by atoms with van der Waals surface area (Å²) in [7, 11) is 5.35. The number of fused-ring (bicyclic) bond motifs is 3. The third-order valence-corrected chi connectivity index (χ3v) is 15.5. The van der Waals surface area contributed by atoms with Crippen molar-refractivity contribution in [2.75, 3.05) is 41.7 Å². The molecule has 512 valence electrons. The van der Waals surface area contributed by atoms with Crippen LogP contribution in [0.2, 0.25) is 0 Å². The third kappa shape index (κ3) is 18.4. The standard InChI is InChI=1S/C29H31F3N4O5.C17H20N4O2.C12H12BrF3O3.C10H8N4/c1-6-41-28(38)27(17(2)3)36-16-20(14-34-36)18-8-10-35-21(15-33-25(35)13-18)19-11-23(39-4)26(24(12-19)40-5)22(37)7-9-29(30,31)32;1-4-23-17(22)16(12(2)3)21-11-14(10-19-21)13-5-7-20-8-6-18-15(20)9-13;1-18-9-5-7(13)6-10(19-2)11(9)8(17)3-4-12(14,15)16;1-3-14-4-2-11-10(14)5-8(1)9-6-12-13-7-9/h8,10-17,27H,6-7,9H2,1-5H3;5-12,16H,4H2,1-3H3;5-6H,3-4H2,1-2H3;1-7H,(H,12,13). The molecule has 0 aliphatic rings. The van der Waals surface area contributed by atoms with E-state index in [0.717, 1.165) is 44.7 Å². The van der Waals surface area contributed by atoms with Gasteiger partial charge in [-0.25, -0.2) is 24.5 Å². The maximum absolute atomic E-state index is 12.7. The van der Waals surface area contributed by atoms with Gasteiger partial charge in [-0.3, -0.25) is 28.5 Å². The van der Waals surface area contributed by atoms with Gasteiger partial charge in [-0.05, 0) is 103 Å². The zero-order chi connectivity index (χ0) is 70.3. The van der Waals surface area contributed by atoms with Crippen LogP contribution in [0.3, 0.4) is 0 Å². The SMILES string of the molecule is CCOC(=O)C(C(C)C)n1cc(-c2ccn3c(-c4cc(OC)c(C(=O)CCC(F)(F)F)c(OC)c4)cnc3c2)cn1.CCOC(=O)C(C(C)C)n1cc(-c2ccn3ccnc3c2)cn1.COc1cc(Br)cc(OC)c1C(=O)CCC(F)(F)F.c1cn2ccc(-c3cn[nH]c3)cc2n1. The molecule has 0 aliphatic carbocycles. The summed E-state index contributed by atoms with van der Waals surface area (Å²) in [5.41, 5.74) is 9.44. The maximum Gasteiger partial charge on any atom is 0.389 e. The number of imidazole rings is 3. The Morgan fingerprint density at radius 1 is 0.515 bits per heavy atom. The Balaban J connectivity index is 0.000000180. The van der Waals surface area contributed by atoms with Crippen LogP contribution >= 0.6 is 15.9 Å². The highest BCUT2D eigenvalue weighted by Gasteiger charge is 2.33. The lowest BCUT2D eigenvalue weighted by Crippen LogP contribution is -2.26. The first kappa shape index (κ1) is 72.5. The molecule has 0 radical (unpaired) electrons. The number of H-pyrrole nitrogens is 1. The van der Waals surface area contributed by atoms with Crippen molar-refractivity contribution in [2.45, 2.75) is 91.7 Å². The van der Waals surface area contributed by atoms with E-state index < -0.39 is 61.7 Å². The van der Waals surface area contributed by atoms with Crippen molar-refractivity contribution in [1.82, 2.24) is 57.9 Å². The topological polar surface area (TPSA) is 240 Å². The first-order valence-electron chi connectivity index (χ1n) is 30.4. The number of aromatic amines is 1. The maximum atomic E-state index is 12.7. The Labute approximate surface area is 561 Å². The predicted molar refractivity (Wildman–Crippen MR) is 352 cm³/mol. The molecule has 0 saturated carbocycles. The van der Waals surface area contributed by atoms with E-state index in [1.54, 1.807) is 71.8 Å². The number of esters is 2. The van der Waals surface area contributed by atoms with Crippen molar-refractivity contribution in [2.24, 2.45) is 11.8 Å². The number of hydrogen-bond acceptors (Lipinski definition) is 16. The predicted octanol–water partition coefficient (Wildman–Crippen LogP) is 14.8. The Morgan fingerprint density at radius 2 is 0.938 bits per heavy atom. The lowest BCUT2D eigenvalue weighted by Gasteiger charge is -2.19. The van der Waals surface area contributed by atoms with Gasteiger partial charge in [0.25, 0.3) is 0 Å². The van der Waals surface area contributed by atoms with Crippen molar-refractivity contribution in [3.05, 3.63) is 163 Å². The summed E-state index contributed by atoms with van der Waals surface area (Å²) < 4.78 is 115. The Kier molecular flexibility index (Phi) is 24.2. The highest BCUT2D eigenvalue weighted by atomic mass is 79.9. The van der Waals surface area contributed by atoms with Crippen LogP contribution in [0.1, 0.15) is 100 Å². The summed E-state index contributed by atoms with van der Waals surface area (Å²) in [6, 6.07) is 17.0. The number of alkyl halides is 6. The molecule has 0 saturated heterocycles. The fourth-order valence-electron chi connectivity index (χ4n) is 10.3. The summed E-state index contributed by atoms with van der Waals surface area (Å²) in [4.78, 5) is 62.3. The van der Waals surface area contributed by atoms with Gasteiger partial charge < -0.3 is 37.2 Å². The van der Waals surface area contributed by atoms with E-state index in [1.807, 2.05) is 128 Å². The van der Waals surface area contributed by atoms with Crippen molar-refractivity contribution in [3.63, 3.8) is 0 Å². The quantitative estimate of drug-likeness (QED) is 0.0377. The van der Waals surface area contributed by atoms with Gasteiger partial charge in [-0.15, -0.1) is 0 Å². The average Bonchev–Trinajstić information content (AvgIpc) is 1.76. The molecule has 1 N–H and O–H groups in total. The Bertz CT molecular complexity index is 4430. The number of Topliss-reactive ketones (excluding diaryl/α,β-unsaturated/α-hetero) is 2. The zero-order valence-corrected chi connectivity index (χ0v) is 56.1. The molecule has 0 bridgehead atoms. The molecule has 97 heavy (non-hydrogen) atoms. The average molecular weight is 1410 g/mol. The van der Waals surface area contributed by atoms with Crippen molar-refractivity contribution in [3.8, 4) is 67.6 Å². The van der Waals surface area contributed by atoms with Crippen LogP contribution in [0, 0.1) is 11.8 Å². The normalized spacial score (nSPS) is 12.1. The highest BCUT2D eigenvalue weighted by Crippen LogP contribution is 2.39. The monoisotopic (exact) mass is 1410 g/mol. The molecule has 2 unspecified atom stereocenters. The lowest BCUT2D eigenvalue weighted by atomic mass is 10.0. The number of nitrogens with zero attached hydrogens (tertiary/aromatic N) is 11. The number of benzene rings is 2. The van der Waals surface area contributed by atoms with Crippen LogP contribution in [0.4, 0.5) is 26.3 Å². The van der Waals surface area contributed by atoms with E-state index in [1.165, 1.54) is 40.6 Å². The van der Waals surface area contributed by atoms with Gasteiger partial charge >= 0.3 is 24.3 Å². The van der Waals surface area contributed by atoms with E-state index in [-0.39, 0.29) is 64.5 Å². The number of nitrogens with one attached hydrogen (secondary N) is 1. The molecule has 29 heteroatoms. The number of carbonyl (C=O) groups excluding carboxylic acids is 4. The van der Waals surface area contributed by atoms with Crippen molar-refractivity contribution >= 4 is 56.4 Å². The van der Waals surface area contributed by atoms with Gasteiger partial charge in [-0.2, -0.15) is 41.6 Å². The second-order valence-electron chi connectivity index (χ2n) is 22.3. The largest absolute Gasteiger partial charge is 0.496 e. The van der Waals surface area contributed by atoms with Gasteiger partial charge in [0.05, 0.1) is 85.0 Å². The summed E-state index contributed by atoms with van der Waals surface area (Å²) in [6.07, 6.45) is 13.0.